The lowest BCUT2D eigenvalue weighted by molar-refractivity contribution is 0.0205. The van der Waals surface area contributed by atoms with E-state index in [9.17, 15) is 0 Å². The Morgan fingerprint density at radius 3 is 2.74 bits per heavy atom. The Morgan fingerprint density at radius 1 is 1.30 bits per heavy atom. The van der Waals surface area contributed by atoms with Gasteiger partial charge in [0.2, 0.25) is 0 Å². The Bertz CT molecular complexity index is 548. The number of aliphatic imine (C=N–C) groups is 1. The molecule has 0 saturated carbocycles. The number of aryl methyl sites for hydroxylation is 1. The lowest BCUT2D eigenvalue weighted by atomic mass is 10.0. The first-order chi connectivity index (χ1) is 12.7. The van der Waals surface area contributed by atoms with Crippen molar-refractivity contribution in [1.82, 2.24) is 10.2 Å². The van der Waals surface area contributed by atoms with Gasteiger partial charge in [-0.1, -0.05) is 24.3 Å². The monoisotopic (exact) mass is 489 g/mol. The van der Waals surface area contributed by atoms with Crippen molar-refractivity contribution in [1.29, 1.82) is 0 Å². The molecule has 0 atom stereocenters. The van der Waals surface area contributed by atoms with Crippen molar-refractivity contribution in [2.24, 2.45) is 10.9 Å². The molecule has 0 spiro atoms. The Balaban J connectivity index is 0.00000364. The van der Waals surface area contributed by atoms with Gasteiger partial charge < -0.3 is 19.7 Å². The first-order valence-corrected chi connectivity index (χ1v) is 9.90. The Labute approximate surface area is 181 Å². The van der Waals surface area contributed by atoms with Crippen LogP contribution in [-0.2, 0) is 16.0 Å². The third kappa shape index (κ3) is 9.25. The standard InChI is InChI=1S/C21H35N3O2.HI/c1-4-22-21(24(3)16-20-9-6-5-8-18(20)2)23-12-7-13-26-17-19-10-14-25-15-11-19;/h5-6,8-9,19H,4,7,10-17H2,1-3H3,(H,22,23);1H. The highest BCUT2D eigenvalue weighted by atomic mass is 127. The van der Waals surface area contributed by atoms with Gasteiger partial charge >= 0.3 is 0 Å². The van der Waals surface area contributed by atoms with Crippen LogP contribution in [0.2, 0.25) is 0 Å². The maximum atomic E-state index is 5.83. The largest absolute Gasteiger partial charge is 0.381 e. The van der Waals surface area contributed by atoms with E-state index in [0.29, 0.717) is 5.92 Å². The lowest BCUT2D eigenvalue weighted by Crippen LogP contribution is -2.38. The molecule has 1 N–H and O–H groups in total. The molecule has 0 radical (unpaired) electrons. The van der Waals surface area contributed by atoms with E-state index in [4.69, 9.17) is 14.5 Å². The maximum absolute atomic E-state index is 5.83. The Morgan fingerprint density at radius 2 is 2.04 bits per heavy atom. The van der Waals surface area contributed by atoms with Crippen LogP contribution < -0.4 is 5.32 Å². The van der Waals surface area contributed by atoms with Crippen LogP contribution in [0.1, 0.15) is 37.3 Å². The van der Waals surface area contributed by atoms with E-state index >= 15 is 0 Å². The van der Waals surface area contributed by atoms with Gasteiger partial charge in [0.05, 0.1) is 0 Å². The molecule has 154 valence electrons. The minimum absolute atomic E-state index is 0. The summed E-state index contributed by atoms with van der Waals surface area (Å²) in [5, 5.41) is 3.39. The molecule has 1 heterocycles. The fourth-order valence-electron chi connectivity index (χ4n) is 3.10. The van der Waals surface area contributed by atoms with Gasteiger partial charge in [-0.15, -0.1) is 24.0 Å². The summed E-state index contributed by atoms with van der Waals surface area (Å²) in [4.78, 5) is 6.94. The van der Waals surface area contributed by atoms with Crippen molar-refractivity contribution in [3.63, 3.8) is 0 Å². The molecule has 0 unspecified atom stereocenters. The fraction of sp³-hybridized carbons (Fsp3) is 0.667. The highest BCUT2D eigenvalue weighted by molar-refractivity contribution is 14.0. The summed E-state index contributed by atoms with van der Waals surface area (Å²) in [6.45, 7) is 10.2. The molecule has 1 aliphatic heterocycles. The number of benzene rings is 1. The van der Waals surface area contributed by atoms with Gasteiger partial charge in [0.1, 0.15) is 0 Å². The molecule has 0 aliphatic carbocycles. The van der Waals surface area contributed by atoms with E-state index in [-0.39, 0.29) is 24.0 Å². The zero-order valence-electron chi connectivity index (χ0n) is 17.1. The van der Waals surface area contributed by atoms with Gasteiger partial charge in [0.25, 0.3) is 0 Å². The topological polar surface area (TPSA) is 46.1 Å². The Hall–Kier alpha value is -0.860. The number of hydrogen-bond acceptors (Lipinski definition) is 3. The van der Waals surface area contributed by atoms with Crippen LogP contribution in [-0.4, -0.2) is 57.4 Å². The van der Waals surface area contributed by atoms with Gasteiger partial charge in [-0.2, -0.15) is 0 Å². The van der Waals surface area contributed by atoms with E-state index in [1.807, 2.05) is 0 Å². The third-order valence-electron chi connectivity index (χ3n) is 4.77. The molecule has 0 aromatic heterocycles. The Kier molecular flexibility index (Phi) is 12.7. The smallest absolute Gasteiger partial charge is 0.193 e. The molecule has 0 bridgehead atoms. The summed E-state index contributed by atoms with van der Waals surface area (Å²) in [5.74, 6) is 1.63. The number of ether oxygens (including phenoxy) is 2. The van der Waals surface area contributed by atoms with Crippen LogP contribution in [0.5, 0.6) is 0 Å². The first-order valence-electron chi connectivity index (χ1n) is 9.90. The molecule has 1 aromatic rings. The summed E-state index contributed by atoms with van der Waals surface area (Å²) in [6.07, 6.45) is 3.22. The molecular formula is C21H36IN3O2. The van der Waals surface area contributed by atoms with E-state index in [2.05, 4.69) is 55.4 Å². The average Bonchev–Trinajstić information content (AvgIpc) is 2.66. The second-order valence-corrected chi connectivity index (χ2v) is 7.00. The van der Waals surface area contributed by atoms with E-state index in [1.54, 1.807) is 0 Å². The van der Waals surface area contributed by atoms with Gasteiger partial charge in [-0.25, -0.2) is 0 Å². The van der Waals surface area contributed by atoms with Crippen molar-refractivity contribution in [2.45, 2.75) is 39.7 Å². The molecule has 1 aromatic carbocycles. The number of halogens is 1. The van der Waals surface area contributed by atoms with Gasteiger partial charge in [-0.3, -0.25) is 4.99 Å². The fourth-order valence-corrected chi connectivity index (χ4v) is 3.10. The van der Waals surface area contributed by atoms with Crippen LogP contribution in [0.3, 0.4) is 0 Å². The number of hydrogen-bond donors (Lipinski definition) is 1. The summed E-state index contributed by atoms with van der Waals surface area (Å²) in [7, 11) is 2.09. The molecule has 1 saturated heterocycles. The molecule has 0 amide bonds. The molecule has 1 fully saturated rings. The summed E-state index contributed by atoms with van der Waals surface area (Å²) >= 11 is 0. The molecule has 27 heavy (non-hydrogen) atoms. The zero-order valence-corrected chi connectivity index (χ0v) is 19.4. The second kappa shape index (κ2) is 14.2. The van der Waals surface area contributed by atoms with Crippen molar-refractivity contribution >= 4 is 29.9 Å². The maximum Gasteiger partial charge on any atom is 0.193 e. The molecule has 1 aliphatic rings. The van der Waals surface area contributed by atoms with Crippen LogP contribution >= 0.6 is 24.0 Å². The second-order valence-electron chi connectivity index (χ2n) is 7.00. The zero-order chi connectivity index (χ0) is 18.6. The van der Waals surface area contributed by atoms with Gasteiger partial charge in [0, 0.05) is 53.1 Å². The normalized spacial score (nSPS) is 15.3. The van der Waals surface area contributed by atoms with Crippen molar-refractivity contribution in [3.8, 4) is 0 Å². The number of rotatable bonds is 9. The van der Waals surface area contributed by atoms with Gasteiger partial charge in [0.15, 0.2) is 5.96 Å². The van der Waals surface area contributed by atoms with E-state index in [0.717, 1.165) is 71.3 Å². The molecule has 2 rings (SSSR count). The lowest BCUT2D eigenvalue weighted by Gasteiger charge is -2.23. The van der Waals surface area contributed by atoms with Crippen molar-refractivity contribution in [2.75, 3.05) is 46.6 Å². The minimum Gasteiger partial charge on any atom is -0.381 e. The predicted molar refractivity (Wildman–Crippen MR) is 123 cm³/mol. The van der Waals surface area contributed by atoms with Gasteiger partial charge in [-0.05, 0) is 50.2 Å². The molecule has 6 heteroatoms. The van der Waals surface area contributed by atoms with E-state index < -0.39 is 0 Å². The first kappa shape index (κ1) is 24.2. The summed E-state index contributed by atoms with van der Waals surface area (Å²) in [6, 6.07) is 8.51. The van der Waals surface area contributed by atoms with Crippen molar-refractivity contribution < 1.29 is 9.47 Å². The molecule has 5 nitrogen and oxygen atoms in total. The molecular weight excluding hydrogens is 453 g/mol. The third-order valence-corrected chi connectivity index (χ3v) is 4.77. The van der Waals surface area contributed by atoms with Crippen LogP contribution in [0.4, 0.5) is 0 Å². The quantitative estimate of drug-likeness (QED) is 0.248. The number of nitrogens with zero attached hydrogens (tertiary/aromatic N) is 2. The SMILES string of the molecule is CCNC(=NCCCOCC1CCOCC1)N(C)Cc1ccccc1C.I. The predicted octanol–water partition coefficient (Wildman–Crippen LogP) is 3.84. The summed E-state index contributed by atoms with van der Waals surface area (Å²) < 4.78 is 11.2. The highest BCUT2D eigenvalue weighted by Gasteiger charge is 2.13. The average molecular weight is 489 g/mol. The van der Waals surface area contributed by atoms with Crippen molar-refractivity contribution in [3.05, 3.63) is 35.4 Å². The minimum atomic E-state index is 0. The van der Waals surface area contributed by atoms with Crippen LogP contribution in [0.15, 0.2) is 29.3 Å². The highest BCUT2D eigenvalue weighted by Crippen LogP contribution is 2.14. The number of nitrogens with one attached hydrogen (secondary N) is 1. The van der Waals surface area contributed by atoms with E-state index in [1.165, 1.54) is 11.1 Å². The van der Waals surface area contributed by atoms with Crippen LogP contribution in [0.25, 0.3) is 0 Å². The number of guanidine groups is 1. The van der Waals surface area contributed by atoms with Crippen LogP contribution in [0, 0.1) is 12.8 Å². The summed E-state index contributed by atoms with van der Waals surface area (Å²) in [5.41, 5.74) is 2.65.